The molecule has 3 aromatic rings. The number of ether oxygens (including phenoxy) is 3. The van der Waals surface area contributed by atoms with Crippen molar-refractivity contribution in [3.8, 4) is 17.2 Å². The third-order valence-electron chi connectivity index (χ3n) is 3.96. The van der Waals surface area contributed by atoms with Crippen LogP contribution in [-0.4, -0.2) is 27.2 Å². The SMILES string of the molecule is COc1cc(NC(=O)c2cccc3ccccc23)cc(OC)c1OC. The van der Waals surface area contributed by atoms with Crippen molar-refractivity contribution >= 4 is 22.4 Å². The van der Waals surface area contributed by atoms with Crippen LogP contribution in [0.3, 0.4) is 0 Å². The van der Waals surface area contributed by atoms with E-state index in [0.717, 1.165) is 10.8 Å². The summed E-state index contributed by atoms with van der Waals surface area (Å²) in [7, 11) is 4.61. The van der Waals surface area contributed by atoms with Crippen molar-refractivity contribution in [1.82, 2.24) is 0 Å². The fourth-order valence-corrected chi connectivity index (χ4v) is 2.78. The smallest absolute Gasteiger partial charge is 0.256 e. The Morgan fingerprint density at radius 2 is 1.48 bits per heavy atom. The number of hydrogen-bond donors (Lipinski definition) is 1. The molecule has 0 spiro atoms. The van der Waals surface area contributed by atoms with Gasteiger partial charge in [0, 0.05) is 23.4 Å². The van der Waals surface area contributed by atoms with E-state index in [2.05, 4.69) is 5.32 Å². The lowest BCUT2D eigenvalue weighted by Gasteiger charge is -2.15. The molecule has 25 heavy (non-hydrogen) atoms. The molecular weight excluding hydrogens is 318 g/mol. The predicted molar refractivity (Wildman–Crippen MR) is 98.0 cm³/mol. The highest BCUT2D eigenvalue weighted by molar-refractivity contribution is 6.13. The maximum atomic E-state index is 12.8. The average molecular weight is 337 g/mol. The summed E-state index contributed by atoms with van der Waals surface area (Å²) in [5.74, 6) is 1.24. The number of amides is 1. The van der Waals surface area contributed by atoms with Crippen LogP contribution in [0, 0.1) is 0 Å². The minimum atomic E-state index is -0.203. The van der Waals surface area contributed by atoms with Crippen molar-refractivity contribution in [2.24, 2.45) is 0 Å². The summed E-state index contributed by atoms with van der Waals surface area (Å²) in [5, 5.41) is 4.81. The van der Waals surface area contributed by atoms with E-state index in [-0.39, 0.29) is 5.91 Å². The van der Waals surface area contributed by atoms with Gasteiger partial charge >= 0.3 is 0 Å². The van der Waals surface area contributed by atoms with E-state index in [1.54, 1.807) is 18.2 Å². The topological polar surface area (TPSA) is 56.8 Å². The van der Waals surface area contributed by atoms with Gasteiger partial charge in [-0.1, -0.05) is 36.4 Å². The third kappa shape index (κ3) is 3.21. The Hall–Kier alpha value is -3.21. The molecule has 128 valence electrons. The van der Waals surface area contributed by atoms with Crippen LogP contribution in [0.15, 0.2) is 54.6 Å². The van der Waals surface area contributed by atoms with Crippen LogP contribution < -0.4 is 19.5 Å². The lowest BCUT2D eigenvalue weighted by atomic mass is 10.0. The van der Waals surface area contributed by atoms with Crippen molar-refractivity contribution in [2.45, 2.75) is 0 Å². The van der Waals surface area contributed by atoms with Gasteiger partial charge in [-0.15, -0.1) is 0 Å². The summed E-state index contributed by atoms with van der Waals surface area (Å²) in [4.78, 5) is 12.8. The predicted octanol–water partition coefficient (Wildman–Crippen LogP) is 4.12. The molecule has 0 radical (unpaired) electrons. The molecule has 3 aromatic carbocycles. The zero-order valence-corrected chi connectivity index (χ0v) is 14.3. The Bertz CT molecular complexity index is 890. The Kier molecular flexibility index (Phi) is 4.75. The van der Waals surface area contributed by atoms with Crippen molar-refractivity contribution in [2.75, 3.05) is 26.6 Å². The molecule has 1 N–H and O–H groups in total. The molecule has 0 saturated heterocycles. The van der Waals surface area contributed by atoms with Crippen LogP contribution in [0.25, 0.3) is 10.8 Å². The van der Waals surface area contributed by atoms with Gasteiger partial charge in [0.05, 0.1) is 21.3 Å². The fourth-order valence-electron chi connectivity index (χ4n) is 2.78. The number of carbonyl (C=O) groups excluding carboxylic acids is 1. The molecule has 0 heterocycles. The number of nitrogens with one attached hydrogen (secondary N) is 1. The third-order valence-corrected chi connectivity index (χ3v) is 3.96. The molecule has 5 heteroatoms. The van der Waals surface area contributed by atoms with Gasteiger partial charge in [-0.2, -0.15) is 0 Å². The van der Waals surface area contributed by atoms with Crippen LogP contribution in [0.2, 0.25) is 0 Å². The summed E-state index contributed by atoms with van der Waals surface area (Å²) >= 11 is 0. The van der Waals surface area contributed by atoms with Gasteiger partial charge in [0.1, 0.15) is 0 Å². The van der Waals surface area contributed by atoms with E-state index in [1.807, 2.05) is 36.4 Å². The Labute approximate surface area is 146 Å². The van der Waals surface area contributed by atoms with Crippen molar-refractivity contribution in [3.05, 3.63) is 60.2 Å². The van der Waals surface area contributed by atoms with Crippen LogP contribution in [0.5, 0.6) is 17.2 Å². The second-order valence-electron chi connectivity index (χ2n) is 5.39. The lowest BCUT2D eigenvalue weighted by molar-refractivity contribution is 0.102. The highest BCUT2D eigenvalue weighted by Crippen LogP contribution is 2.40. The molecule has 3 rings (SSSR count). The molecule has 0 bridgehead atoms. The second-order valence-corrected chi connectivity index (χ2v) is 5.39. The van der Waals surface area contributed by atoms with Gasteiger partial charge in [-0.25, -0.2) is 0 Å². The number of rotatable bonds is 5. The van der Waals surface area contributed by atoms with E-state index < -0.39 is 0 Å². The number of hydrogen-bond acceptors (Lipinski definition) is 4. The standard InChI is InChI=1S/C20H19NO4/c1-23-17-11-14(12-18(24-2)19(17)25-3)21-20(22)16-10-6-8-13-7-4-5-9-15(13)16/h4-12H,1-3H3,(H,21,22). The zero-order valence-electron chi connectivity index (χ0n) is 14.3. The molecule has 0 aromatic heterocycles. The first-order valence-electron chi connectivity index (χ1n) is 7.77. The molecule has 0 fully saturated rings. The first-order valence-corrected chi connectivity index (χ1v) is 7.77. The van der Waals surface area contributed by atoms with Gasteiger partial charge in [0.15, 0.2) is 11.5 Å². The summed E-state index contributed by atoms with van der Waals surface area (Å²) in [5.41, 5.74) is 1.17. The molecule has 1 amide bonds. The molecular formula is C20H19NO4. The number of fused-ring (bicyclic) bond motifs is 1. The number of carbonyl (C=O) groups is 1. The minimum absolute atomic E-state index is 0.203. The normalized spacial score (nSPS) is 10.4. The summed E-state index contributed by atoms with van der Waals surface area (Å²) < 4.78 is 15.9. The molecule has 0 atom stereocenters. The lowest BCUT2D eigenvalue weighted by Crippen LogP contribution is -2.12. The number of anilines is 1. The maximum Gasteiger partial charge on any atom is 0.256 e. The molecule has 0 aliphatic rings. The number of benzene rings is 3. The van der Waals surface area contributed by atoms with Gasteiger partial charge in [0.2, 0.25) is 5.75 Å². The minimum Gasteiger partial charge on any atom is -0.493 e. The van der Waals surface area contributed by atoms with Gasteiger partial charge in [-0.3, -0.25) is 4.79 Å². The second kappa shape index (κ2) is 7.13. The van der Waals surface area contributed by atoms with Crippen LogP contribution in [0.4, 0.5) is 5.69 Å². The van der Waals surface area contributed by atoms with Gasteiger partial charge < -0.3 is 19.5 Å². The Morgan fingerprint density at radius 3 is 2.12 bits per heavy atom. The van der Waals surface area contributed by atoms with E-state index in [4.69, 9.17) is 14.2 Å². The molecule has 0 saturated carbocycles. The first kappa shape index (κ1) is 16.6. The highest BCUT2D eigenvalue weighted by atomic mass is 16.5. The fraction of sp³-hybridized carbons (Fsp3) is 0.150. The summed E-state index contributed by atoms with van der Waals surface area (Å²) in [6, 6.07) is 16.8. The van der Waals surface area contributed by atoms with E-state index >= 15 is 0 Å². The zero-order chi connectivity index (χ0) is 17.8. The Balaban J connectivity index is 1.98. The monoisotopic (exact) mass is 337 g/mol. The van der Waals surface area contributed by atoms with Crippen LogP contribution >= 0.6 is 0 Å². The van der Waals surface area contributed by atoms with E-state index in [1.165, 1.54) is 21.3 Å². The van der Waals surface area contributed by atoms with E-state index in [0.29, 0.717) is 28.5 Å². The first-order chi connectivity index (χ1) is 12.2. The summed E-state index contributed by atoms with van der Waals surface area (Å²) in [6.45, 7) is 0. The van der Waals surface area contributed by atoms with Crippen LogP contribution in [0.1, 0.15) is 10.4 Å². The van der Waals surface area contributed by atoms with Crippen molar-refractivity contribution in [3.63, 3.8) is 0 Å². The molecule has 0 aliphatic heterocycles. The van der Waals surface area contributed by atoms with Crippen LogP contribution in [-0.2, 0) is 0 Å². The highest BCUT2D eigenvalue weighted by Gasteiger charge is 2.16. The van der Waals surface area contributed by atoms with E-state index in [9.17, 15) is 4.79 Å². The van der Waals surface area contributed by atoms with Crippen molar-refractivity contribution < 1.29 is 19.0 Å². The molecule has 0 unspecified atom stereocenters. The van der Waals surface area contributed by atoms with Gasteiger partial charge in [-0.05, 0) is 16.8 Å². The van der Waals surface area contributed by atoms with Gasteiger partial charge in [0.25, 0.3) is 5.91 Å². The molecule has 0 aliphatic carbocycles. The summed E-state index contributed by atoms with van der Waals surface area (Å²) in [6.07, 6.45) is 0. The molecule has 5 nitrogen and oxygen atoms in total. The largest absolute Gasteiger partial charge is 0.493 e. The maximum absolute atomic E-state index is 12.8. The quantitative estimate of drug-likeness (QED) is 0.761. The number of methoxy groups -OCH3 is 3. The average Bonchev–Trinajstić information content (AvgIpc) is 2.66. The van der Waals surface area contributed by atoms with Crippen molar-refractivity contribution in [1.29, 1.82) is 0 Å². The Morgan fingerprint density at radius 1 is 0.840 bits per heavy atom.